The lowest BCUT2D eigenvalue weighted by atomic mass is 10.1. The number of rotatable bonds is 8. The van der Waals surface area contributed by atoms with Gasteiger partial charge in [0.15, 0.2) is 0 Å². The molecule has 3 aromatic heterocycles. The van der Waals surface area contributed by atoms with Gasteiger partial charge in [0.2, 0.25) is 5.88 Å². The fourth-order valence-corrected chi connectivity index (χ4v) is 3.44. The second kappa shape index (κ2) is 8.79. The molecule has 3 heterocycles. The zero-order chi connectivity index (χ0) is 22.0. The lowest BCUT2D eigenvalue weighted by Crippen LogP contribution is -2.22. The molecule has 0 amide bonds. The molecule has 9 heteroatoms. The average molecular weight is 428 g/mol. The molecule has 1 saturated carbocycles. The minimum atomic E-state index is -2.60. The van der Waals surface area contributed by atoms with Crippen molar-refractivity contribution in [2.75, 3.05) is 13.7 Å². The summed E-state index contributed by atoms with van der Waals surface area (Å²) >= 11 is 0. The number of ether oxygens (including phenoxy) is 2. The third-order valence-corrected chi connectivity index (χ3v) is 5.25. The molecule has 1 aliphatic rings. The maximum Gasteiger partial charge on any atom is 0.256 e. The fourth-order valence-electron chi connectivity index (χ4n) is 3.44. The summed E-state index contributed by atoms with van der Waals surface area (Å²) in [4.78, 5) is 25.2. The van der Waals surface area contributed by atoms with Crippen molar-refractivity contribution in [1.82, 2.24) is 19.5 Å². The number of methoxy groups -OCH3 is 1. The first-order valence-corrected chi connectivity index (χ1v) is 9.90. The first-order chi connectivity index (χ1) is 14.9. The summed E-state index contributed by atoms with van der Waals surface area (Å²) in [6, 6.07) is 6.73. The Bertz CT molecular complexity index is 1120. The van der Waals surface area contributed by atoms with Gasteiger partial charge >= 0.3 is 0 Å². The van der Waals surface area contributed by atoms with Gasteiger partial charge in [0, 0.05) is 36.0 Å². The van der Waals surface area contributed by atoms with Crippen LogP contribution in [0.3, 0.4) is 0 Å². The van der Waals surface area contributed by atoms with Crippen LogP contribution in [0, 0.1) is 12.8 Å². The van der Waals surface area contributed by atoms with Crippen LogP contribution < -0.4 is 15.0 Å². The molecule has 7 nitrogen and oxygen atoms in total. The molecule has 0 aromatic carbocycles. The van der Waals surface area contributed by atoms with E-state index in [0.29, 0.717) is 47.0 Å². The van der Waals surface area contributed by atoms with Crippen molar-refractivity contribution < 1.29 is 18.3 Å². The Morgan fingerprint density at radius 2 is 2.06 bits per heavy atom. The van der Waals surface area contributed by atoms with Crippen LogP contribution in [0.1, 0.15) is 23.9 Å². The maximum atomic E-state index is 12.6. The Morgan fingerprint density at radius 1 is 1.23 bits per heavy atom. The predicted molar refractivity (Wildman–Crippen MR) is 110 cm³/mol. The lowest BCUT2D eigenvalue weighted by molar-refractivity contribution is 0.125. The summed E-state index contributed by atoms with van der Waals surface area (Å²) in [7, 11) is 1.60. The third kappa shape index (κ3) is 4.87. The van der Waals surface area contributed by atoms with Crippen LogP contribution in [0.25, 0.3) is 11.1 Å². The van der Waals surface area contributed by atoms with Crippen molar-refractivity contribution in [3.63, 3.8) is 0 Å². The summed E-state index contributed by atoms with van der Waals surface area (Å²) in [6.07, 6.45) is 2.99. The van der Waals surface area contributed by atoms with E-state index in [0.717, 1.165) is 16.7 Å². The highest BCUT2D eigenvalue weighted by molar-refractivity contribution is 5.67. The SMILES string of the molecule is COc1ccc([C@H]2C[C@@H]2COc2nc(C)ncc2-c2ccn(CC(F)F)c(=O)c2)nc1. The summed E-state index contributed by atoms with van der Waals surface area (Å²) in [5.41, 5.74) is 1.55. The Labute approximate surface area is 177 Å². The second-order valence-corrected chi connectivity index (χ2v) is 7.47. The molecular weight excluding hydrogens is 406 g/mol. The van der Waals surface area contributed by atoms with Gasteiger partial charge in [-0.2, -0.15) is 4.98 Å². The highest BCUT2D eigenvalue weighted by Crippen LogP contribution is 2.47. The van der Waals surface area contributed by atoms with Gasteiger partial charge in [-0.1, -0.05) is 0 Å². The van der Waals surface area contributed by atoms with Crippen LogP contribution in [0.5, 0.6) is 11.6 Å². The number of nitrogens with zero attached hydrogens (tertiary/aromatic N) is 4. The smallest absolute Gasteiger partial charge is 0.256 e. The molecule has 0 bridgehead atoms. The van der Waals surface area contributed by atoms with Crippen molar-refractivity contribution in [3.8, 4) is 22.8 Å². The molecule has 4 rings (SSSR count). The van der Waals surface area contributed by atoms with Crippen LogP contribution >= 0.6 is 0 Å². The van der Waals surface area contributed by atoms with Gasteiger partial charge in [0.25, 0.3) is 12.0 Å². The largest absolute Gasteiger partial charge is 0.495 e. The van der Waals surface area contributed by atoms with Gasteiger partial charge in [-0.25, -0.2) is 13.8 Å². The van der Waals surface area contributed by atoms with E-state index < -0.39 is 18.5 Å². The third-order valence-electron chi connectivity index (χ3n) is 5.25. The summed E-state index contributed by atoms with van der Waals surface area (Å²) < 4.78 is 37.3. The minimum absolute atomic E-state index is 0.308. The van der Waals surface area contributed by atoms with Crippen molar-refractivity contribution in [2.24, 2.45) is 5.92 Å². The summed E-state index contributed by atoms with van der Waals surface area (Å²) in [5, 5.41) is 0. The van der Waals surface area contributed by atoms with Gasteiger partial charge < -0.3 is 14.0 Å². The molecule has 1 fully saturated rings. The monoisotopic (exact) mass is 428 g/mol. The summed E-state index contributed by atoms with van der Waals surface area (Å²) in [6.45, 7) is 1.55. The van der Waals surface area contributed by atoms with Crippen LogP contribution in [0.4, 0.5) is 8.78 Å². The number of hydrogen-bond acceptors (Lipinski definition) is 6. The van der Waals surface area contributed by atoms with E-state index in [-0.39, 0.29) is 0 Å². The molecule has 3 aromatic rings. The van der Waals surface area contributed by atoms with E-state index in [4.69, 9.17) is 9.47 Å². The molecule has 162 valence electrons. The quantitative estimate of drug-likeness (QED) is 0.547. The lowest BCUT2D eigenvalue weighted by Gasteiger charge is -2.12. The standard InChI is InChI=1S/C22H22F2N4O3/c1-13-25-10-18(14-5-6-28(11-20(23)24)21(29)8-14)22(27-13)31-12-15-7-17(15)19-4-3-16(30-2)9-26-19/h3-6,8-10,15,17,20H,7,11-12H2,1-2H3/t15-,17+/m1/s1. The molecule has 0 N–H and O–H groups in total. The normalized spacial score (nSPS) is 17.6. The Morgan fingerprint density at radius 3 is 2.74 bits per heavy atom. The Kier molecular flexibility index (Phi) is 5.92. The first kappa shape index (κ1) is 20.9. The first-order valence-electron chi connectivity index (χ1n) is 9.90. The Balaban J connectivity index is 1.48. The van der Waals surface area contributed by atoms with E-state index in [1.54, 1.807) is 32.5 Å². The number of aryl methyl sites for hydroxylation is 1. The van der Waals surface area contributed by atoms with Crippen molar-refractivity contribution in [3.05, 3.63) is 64.7 Å². The molecule has 0 spiro atoms. The molecule has 2 atom stereocenters. The molecule has 0 unspecified atom stereocenters. The van der Waals surface area contributed by atoms with Crippen LogP contribution in [-0.2, 0) is 6.54 Å². The van der Waals surface area contributed by atoms with Gasteiger partial charge in [-0.3, -0.25) is 9.78 Å². The number of alkyl halides is 2. The predicted octanol–water partition coefficient (Wildman–Crippen LogP) is 3.46. The van der Waals surface area contributed by atoms with E-state index in [1.807, 2.05) is 12.1 Å². The summed E-state index contributed by atoms with van der Waals surface area (Å²) in [5.74, 6) is 2.24. The molecule has 1 aliphatic carbocycles. The Hall–Kier alpha value is -3.36. The zero-order valence-electron chi connectivity index (χ0n) is 17.2. The zero-order valence-corrected chi connectivity index (χ0v) is 17.2. The minimum Gasteiger partial charge on any atom is -0.495 e. The van der Waals surface area contributed by atoms with Gasteiger partial charge in [-0.15, -0.1) is 0 Å². The molecule has 31 heavy (non-hydrogen) atoms. The number of aromatic nitrogens is 4. The van der Waals surface area contributed by atoms with Crippen LogP contribution in [-0.4, -0.2) is 39.7 Å². The maximum absolute atomic E-state index is 12.6. The topological polar surface area (TPSA) is 79.1 Å². The second-order valence-electron chi connectivity index (χ2n) is 7.47. The van der Waals surface area contributed by atoms with Gasteiger partial charge in [0.1, 0.15) is 11.6 Å². The van der Waals surface area contributed by atoms with Crippen molar-refractivity contribution in [1.29, 1.82) is 0 Å². The number of hydrogen-bond donors (Lipinski definition) is 0. The van der Waals surface area contributed by atoms with Crippen LogP contribution in [0.2, 0.25) is 0 Å². The molecule has 0 radical (unpaired) electrons. The fraction of sp³-hybridized carbons (Fsp3) is 0.364. The van der Waals surface area contributed by atoms with E-state index in [2.05, 4.69) is 15.0 Å². The molecule has 0 aliphatic heterocycles. The van der Waals surface area contributed by atoms with Gasteiger partial charge in [-0.05, 0) is 37.1 Å². The number of halogens is 2. The molecular formula is C22H22F2N4O3. The van der Waals surface area contributed by atoms with E-state index in [1.165, 1.54) is 12.3 Å². The highest BCUT2D eigenvalue weighted by atomic mass is 19.3. The average Bonchev–Trinajstić information content (AvgIpc) is 3.53. The van der Waals surface area contributed by atoms with E-state index in [9.17, 15) is 13.6 Å². The highest BCUT2D eigenvalue weighted by Gasteiger charge is 2.40. The van der Waals surface area contributed by atoms with Crippen molar-refractivity contribution in [2.45, 2.75) is 32.2 Å². The van der Waals surface area contributed by atoms with Crippen LogP contribution in [0.15, 0.2) is 47.7 Å². The van der Waals surface area contributed by atoms with Gasteiger partial charge in [0.05, 0.1) is 32.0 Å². The number of pyridine rings is 2. The van der Waals surface area contributed by atoms with E-state index >= 15 is 0 Å². The molecule has 0 saturated heterocycles. The van der Waals surface area contributed by atoms with Crippen molar-refractivity contribution >= 4 is 0 Å².